The standard InChI is InChI=1S/C11H26NO3P/c1-6-12(7-2)8-9-14-16(5,13)15-10-11(3)4/h11H,6-10H2,1-5H3. The summed E-state index contributed by atoms with van der Waals surface area (Å²) in [6, 6.07) is 0. The highest BCUT2D eigenvalue weighted by Crippen LogP contribution is 2.43. The fourth-order valence-corrected chi connectivity index (χ4v) is 2.25. The van der Waals surface area contributed by atoms with Gasteiger partial charge >= 0.3 is 7.60 Å². The summed E-state index contributed by atoms with van der Waals surface area (Å²) in [4.78, 5) is 2.22. The Bertz CT molecular complexity index is 217. The van der Waals surface area contributed by atoms with Gasteiger partial charge in [0.05, 0.1) is 13.2 Å². The van der Waals surface area contributed by atoms with Crippen LogP contribution < -0.4 is 0 Å². The predicted molar refractivity (Wildman–Crippen MR) is 68.1 cm³/mol. The largest absolute Gasteiger partial charge is 0.327 e. The zero-order chi connectivity index (χ0) is 12.6. The van der Waals surface area contributed by atoms with E-state index in [1.165, 1.54) is 6.66 Å². The van der Waals surface area contributed by atoms with Crippen LogP contribution in [0.1, 0.15) is 27.7 Å². The highest BCUT2D eigenvalue weighted by molar-refractivity contribution is 7.52. The molecule has 0 rings (SSSR count). The average Bonchev–Trinajstić information content (AvgIpc) is 2.22. The van der Waals surface area contributed by atoms with Gasteiger partial charge in [-0.2, -0.15) is 0 Å². The first-order chi connectivity index (χ1) is 7.41. The molecule has 1 atom stereocenters. The van der Waals surface area contributed by atoms with Gasteiger partial charge < -0.3 is 13.9 Å². The van der Waals surface area contributed by atoms with Crippen LogP contribution in [0.15, 0.2) is 0 Å². The van der Waals surface area contributed by atoms with Crippen molar-refractivity contribution in [2.45, 2.75) is 27.7 Å². The van der Waals surface area contributed by atoms with Gasteiger partial charge in [0, 0.05) is 13.2 Å². The Kier molecular flexibility index (Phi) is 8.29. The van der Waals surface area contributed by atoms with Crippen LogP contribution in [0.25, 0.3) is 0 Å². The third-order valence-electron chi connectivity index (χ3n) is 2.27. The number of hydrogen-bond acceptors (Lipinski definition) is 4. The highest BCUT2D eigenvalue weighted by atomic mass is 31.2. The molecule has 0 aromatic heterocycles. The lowest BCUT2D eigenvalue weighted by atomic mass is 10.2. The van der Waals surface area contributed by atoms with Crippen LogP contribution in [0.2, 0.25) is 0 Å². The SMILES string of the molecule is CCN(CC)CCOP(C)(=O)OCC(C)C. The molecule has 0 aliphatic heterocycles. The van der Waals surface area contributed by atoms with E-state index in [1.54, 1.807) is 0 Å². The van der Waals surface area contributed by atoms with E-state index in [2.05, 4.69) is 18.7 Å². The lowest BCUT2D eigenvalue weighted by Crippen LogP contribution is -2.26. The van der Waals surface area contributed by atoms with Gasteiger partial charge in [-0.25, -0.2) is 0 Å². The Balaban J connectivity index is 3.77. The number of likely N-dealkylation sites (N-methyl/N-ethyl adjacent to an activating group) is 1. The second-order valence-electron chi connectivity index (χ2n) is 4.32. The molecular formula is C11H26NO3P. The van der Waals surface area contributed by atoms with Crippen molar-refractivity contribution in [3.8, 4) is 0 Å². The van der Waals surface area contributed by atoms with Gasteiger partial charge in [0.1, 0.15) is 0 Å². The summed E-state index contributed by atoms with van der Waals surface area (Å²) >= 11 is 0. The molecular weight excluding hydrogens is 225 g/mol. The smallest absolute Gasteiger partial charge is 0.308 e. The summed E-state index contributed by atoms with van der Waals surface area (Å²) in [6.07, 6.45) is 0. The first-order valence-corrected chi connectivity index (χ1v) is 7.99. The zero-order valence-electron chi connectivity index (χ0n) is 11.2. The lowest BCUT2D eigenvalue weighted by molar-refractivity contribution is 0.168. The summed E-state index contributed by atoms with van der Waals surface area (Å²) < 4.78 is 22.4. The molecule has 16 heavy (non-hydrogen) atoms. The van der Waals surface area contributed by atoms with Crippen molar-refractivity contribution in [1.29, 1.82) is 0 Å². The number of nitrogens with zero attached hydrogens (tertiary/aromatic N) is 1. The summed E-state index contributed by atoms with van der Waals surface area (Å²) in [6.45, 7) is 13.5. The monoisotopic (exact) mass is 251 g/mol. The molecule has 0 amide bonds. The average molecular weight is 251 g/mol. The van der Waals surface area contributed by atoms with E-state index in [-0.39, 0.29) is 0 Å². The van der Waals surface area contributed by atoms with Crippen LogP contribution >= 0.6 is 7.60 Å². The number of rotatable bonds is 9. The maximum absolute atomic E-state index is 11.8. The van der Waals surface area contributed by atoms with Gasteiger partial charge in [0.15, 0.2) is 0 Å². The lowest BCUT2D eigenvalue weighted by Gasteiger charge is -2.20. The van der Waals surface area contributed by atoms with E-state index < -0.39 is 7.60 Å². The van der Waals surface area contributed by atoms with E-state index in [0.717, 1.165) is 19.6 Å². The third kappa shape index (κ3) is 8.28. The summed E-state index contributed by atoms with van der Waals surface area (Å²) in [5, 5.41) is 0. The van der Waals surface area contributed by atoms with Crippen molar-refractivity contribution in [2.75, 3.05) is 39.5 Å². The van der Waals surface area contributed by atoms with Gasteiger partial charge in [-0.3, -0.25) is 4.57 Å². The molecule has 0 aromatic carbocycles. The molecule has 0 radical (unpaired) electrons. The Morgan fingerprint density at radius 2 is 1.75 bits per heavy atom. The molecule has 1 unspecified atom stereocenters. The second-order valence-corrected chi connectivity index (χ2v) is 6.38. The van der Waals surface area contributed by atoms with Gasteiger partial charge in [-0.1, -0.05) is 27.7 Å². The van der Waals surface area contributed by atoms with Crippen LogP contribution in [-0.4, -0.2) is 44.4 Å². The second kappa shape index (κ2) is 8.24. The molecule has 98 valence electrons. The van der Waals surface area contributed by atoms with Crippen LogP contribution in [0.5, 0.6) is 0 Å². The van der Waals surface area contributed by atoms with Crippen molar-refractivity contribution in [2.24, 2.45) is 5.92 Å². The molecule has 0 aliphatic carbocycles. The molecule has 4 nitrogen and oxygen atoms in total. The van der Waals surface area contributed by atoms with Gasteiger partial charge in [0.2, 0.25) is 0 Å². The Morgan fingerprint density at radius 1 is 1.19 bits per heavy atom. The van der Waals surface area contributed by atoms with E-state index in [4.69, 9.17) is 9.05 Å². The minimum atomic E-state index is -2.85. The van der Waals surface area contributed by atoms with E-state index in [1.807, 2.05) is 13.8 Å². The molecule has 0 bridgehead atoms. The molecule has 0 saturated heterocycles. The van der Waals surface area contributed by atoms with Gasteiger partial charge in [-0.05, 0) is 19.0 Å². The van der Waals surface area contributed by atoms with Crippen LogP contribution in [-0.2, 0) is 13.6 Å². The summed E-state index contributed by atoms with van der Waals surface area (Å²) in [5.74, 6) is 0.375. The molecule has 0 heterocycles. The van der Waals surface area contributed by atoms with Crippen LogP contribution in [0, 0.1) is 5.92 Å². The molecule has 0 aliphatic rings. The molecule has 0 aromatic rings. The van der Waals surface area contributed by atoms with Crippen LogP contribution in [0.3, 0.4) is 0 Å². The fraction of sp³-hybridized carbons (Fsp3) is 1.00. The summed E-state index contributed by atoms with van der Waals surface area (Å²) in [5.41, 5.74) is 0. The van der Waals surface area contributed by atoms with Gasteiger partial charge in [0.25, 0.3) is 0 Å². The molecule has 0 saturated carbocycles. The highest BCUT2D eigenvalue weighted by Gasteiger charge is 2.17. The molecule has 0 N–H and O–H groups in total. The maximum Gasteiger partial charge on any atom is 0.327 e. The molecule has 0 spiro atoms. The van der Waals surface area contributed by atoms with Crippen molar-refractivity contribution >= 4 is 7.60 Å². The Labute approximate surface area is 99.8 Å². The van der Waals surface area contributed by atoms with Crippen molar-refractivity contribution < 1.29 is 13.6 Å². The topological polar surface area (TPSA) is 38.8 Å². The van der Waals surface area contributed by atoms with E-state index in [0.29, 0.717) is 19.1 Å². The fourth-order valence-electron chi connectivity index (χ4n) is 1.20. The first kappa shape index (κ1) is 16.1. The Morgan fingerprint density at radius 3 is 2.19 bits per heavy atom. The van der Waals surface area contributed by atoms with Crippen molar-refractivity contribution in [3.05, 3.63) is 0 Å². The van der Waals surface area contributed by atoms with E-state index >= 15 is 0 Å². The normalized spacial score (nSPS) is 15.7. The van der Waals surface area contributed by atoms with Gasteiger partial charge in [-0.15, -0.1) is 0 Å². The zero-order valence-corrected chi connectivity index (χ0v) is 12.1. The Hall–Kier alpha value is 0.110. The minimum Gasteiger partial charge on any atom is -0.308 e. The number of hydrogen-bond donors (Lipinski definition) is 0. The van der Waals surface area contributed by atoms with Crippen molar-refractivity contribution in [1.82, 2.24) is 4.90 Å². The van der Waals surface area contributed by atoms with E-state index in [9.17, 15) is 4.57 Å². The third-order valence-corrected chi connectivity index (χ3v) is 3.54. The van der Waals surface area contributed by atoms with Crippen molar-refractivity contribution in [3.63, 3.8) is 0 Å². The molecule has 5 heteroatoms. The maximum atomic E-state index is 11.8. The summed E-state index contributed by atoms with van der Waals surface area (Å²) in [7, 11) is -2.85. The predicted octanol–water partition coefficient (Wildman–Crippen LogP) is 2.84. The first-order valence-electron chi connectivity index (χ1n) is 6.00. The van der Waals surface area contributed by atoms with Crippen LogP contribution in [0.4, 0.5) is 0 Å². The quantitative estimate of drug-likeness (QED) is 0.591. The minimum absolute atomic E-state index is 0.375. The molecule has 0 fully saturated rings.